The molecule has 7 heteroatoms. The molecule has 2 aromatic carbocycles. The number of halogens is 1. The molecule has 0 fully saturated rings. The lowest BCUT2D eigenvalue weighted by molar-refractivity contribution is -0.115. The van der Waals surface area contributed by atoms with Crippen LogP contribution in [0.25, 0.3) is 0 Å². The lowest BCUT2D eigenvalue weighted by Gasteiger charge is -2.17. The van der Waals surface area contributed by atoms with Gasteiger partial charge in [0.15, 0.2) is 0 Å². The first-order valence-electron chi connectivity index (χ1n) is 8.02. The summed E-state index contributed by atoms with van der Waals surface area (Å²) >= 11 is 6.17. The molecule has 0 radical (unpaired) electrons. The van der Waals surface area contributed by atoms with Gasteiger partial charge < -0.3 is 16.0 Å². The Balaban J connectivity index is 2.27. The Morgan fingerprint density at radius 1 is 0.923 bits per heavy atom. The van der Waals surface area contributed by atoms with Crippen LogP contribution in [0, 0.1) is 0 Å². The molecule has 136 valence electrons. The van der Waals surface area contributed by atoms with Crippen LogP contribution in [0.2, 0.25) is 5.02 Å². The average Bonchev–Trinajstić information content (AvgIpc) is 2.53. The molecule has 6 nitrogen and oxygen atoms in total. The van der Waals surface area contributed by atoms with Crippen molar-refractivity contribution in [1.29, 1.82) is 0 Å². The second kappa shape index (κ2) is 8.49. The van der Waals surface area contributed by atoms with E-state index in [9.17, 15) is 14.4 Å². The number of benzene rings is 2. The Hall–Kier alpha value is -2.86. The first-order valence-corrected chi connectivity index (χ1v) is 8.39. The summed E-state index contributed by atoms with van der Waals surface area (Å²) < 4.78 is 0. The van der Waals surface area contributed by atoms with Crippen LogP contribution < -0.4 is 16.0 Å². The second-order valence-corrected chi connectivity index (χ2v) is 6.29. The minimum absolute atomic E-state index is 0.277. The van der Waals surface area contributed by atoms with Crippen molar-refractivity contribution in [3.05, 3.63) is 58.6 Å². The molecule has 0 aliphatic carbocycles. The van der Waals surface area contributed by atoms with E-state index in [1.165, 1.54) is 13.8 Å². The van der Waals surface area contributed by atoms with E-state index in [-0.39, 0.29) is 23.8 Å². The Morgan fingerprint density at radius 2 is 1.46 bits per heavy atom. The fourth-order valence-corrected chi connectivity index (χ4v) is 2.79. The first kappa shape index (κ1) is 19.5. The van der Waals surface area contributed by atoms with E-state index in [4.69, 9.17) is 11.6 Å². The number of rotatable bonds is 5. The highest BCUT2D eigenvalue weighted by Gasteiger charge is 2.15. The van der Waals surface area contributed by atoms with Crippen LogP contribution in [0.5, 0.6) is 0 Å². The third kappa shape index (κ3) is 5.32. The molecule has 2 aromatic rings. The van der Waals surface area contributed by atoms with E-state index < -0.39 is 0 Å². The SMILES string of the molecule is CC(=O)Nc1cc(NC(C)=O)cc(C(=O)NC(C)c2ccccc2Cl)c1. The summed E-state index contributed by atoms with van der Waals surface area (Å²) in [7, 11) is 0. The molecule has 0 aromatic heterocycles. The van der Waals surface area contributed by atoms with Crippen molar-refractivity contribution in [2.24, 2.45) is 0 Å². The van der Waals surface area contributed by atoms with Crippen LogP contribution in [0.15, 0.2) is 42.5 Å². The van der Waals surface area contributed by atoms with Crippen LogP contribution in [0.3, 0.4) is 0 Å². The maximum absolute atomic E-state index is 12.6. The fraction of sp³-hybridized carbons (Fsp3) is 0.211. The fourth-order valence-electron chi connectivity index (χ4n) is 2.49. The molecule has 26 heavy (non-hydrogen) atoms. The van der Waals surface area contributed by atoms with Gasteiger partial charge in [0, 0.05) is 35.8 Å². The zero-order valence-corrected chi connectivity index (χ0v) is 15.5. The smallest absolute Gasteiger partial charge is 0.251 e. The van der Waals surface area contributed by atoms with Gasteiger partial charge in [0.2, 0.25) is 11.8 Å². The first-order chi connectivity index (χ1) is 12.3. The predicted molar refractivity (Wildman–Crippen MR) is 102 cm³/mol. The van der Waals surface area contributed by atoms with Gasteiger partial charge in [-0.05, 0) is 36.8 Å². The minimum Gasteiger partial charge on any atom is -0.345 e. The second-order valence-electron chi connectivity index (χ2n) is 5.88. The zero-order chi connectivity index (χ0) is 19.3. The van der Waals surface area contributed by atoms with Crippen molar-refractivity contribution in [2.45, 2.75) is 26.8 Å². The average molecular weight is 374 g/mol. The van der Waals surface area contributed by atoms with Crippen LogP contribution in [-0.2, 0) is 9.59 Å². The number of amides is 3. The number of hydrogen-bond acceptors (Lipinski definition) is 3. The molecular weight excluding hydrogens is 354 g/mol. The Labute approximate surface area is 156 Å². The highest BCUT2D eigenvalue weighted by molar-refractivity contribution is 6.31. The van der Waals surface area contributed by atoms with Gasteiger partial charge in [-0.1, -0.05) is 29.8 Å². The lowest BCUT2D eigenvalue weighted by atomic mass is 10.1. The number of hydrogen-bond donors (Lipinski definition) is 3. The molecule has 0 saturated carbocycles. The molecule has 0 saturated heterocycles. The summed E-state index contributed by atoms with van der Waals surface area (Å²) in [5.41, 5.74) is 1.93. The van der Waals surface area contributed by atoms with E-state index in [1.807, 2.05) is 25.1 Å². The summed E-state index contributed by atoms with van der Waals surface area (Å²) in [4.78, 5) is 35.3. The van der Waals surface area contributed by atoms with E-state index in [1.54, 1.807) is 24.3 Å². The monoisotopic (exact) mass is 373 g/mol. The molecule has 0 heterocycles. The maximum Gasteiger partial charge on any atom is 0.251 e. The highest BCUT2D eigenvalue weighted by atomic mass is 35.5. The summed E-state index contributed by atoms with van der Waals surface area (Å²) in [6, 6.07) is 11.6. The zero-order valence-electron chi connectivity index (χ0n) is 14.7. The van der Waals surface area contributed by atoms with Crippen LogP contribution in [0.4, 0.5) is 11.4 Å². The van der Waals surface area contributed by atoms with Crippen LogP contribution in [0.1, 0.15) is 42.7 Å². The van der Waals surface area contributed by atoms with Gasteiger partial charge in [0.25, 0.3) is 5.91 Å². The third-order valence-corrected chi connectivity index (χ3v) is 3.90. The third-order valence-electron chi connectivity index (χ3n) is 3.56. The quantitative estimate of drug-likeness (QED) is 0.745. The largest absolute Gasteiger partial charge is 0.345 e. The van der Waals surface area contributed by atoms with Gasteiger partial charge in [-0.3, -0.25) is 14.4 Å². The van der Waals surface area contributed by atoms with Crippen molar-refractivity contribution in [1.82, 2.24) is 5.32 Å². The summed E-state index contributed by atoms with van der Waals surface area (Å²) in [6.45, 7) is 4.56. The number of anilines is 2. The van der Waals surface area contributed by atoms with Crippen molar-refractivity contribution in [3.63, 3.8) is 0 Å². The molecular formula is C19H20ClN3O3. The van der Waals surface area contributed by atoms with E-state index >= 15 is 0 Å². The van der Waals surface area contributed by atoms with Gasteiger partial charge in [-0.15, -0.1) is 0 Å². The van der Waals surface area contributed by atoms with Crippen molar-refractivity contribution >= 4 is 40.7 Å². The molecule has 0 spiro atoms. The Kier molecular flexibility index (Phi) is 6.36. The number of carbonyl (C=O) groups excluding carboxylic acids is 3. The normalized spacial score (nSPS) is 11.4. The number of carbonyl (C=O) groups is 3. The van der Waals surface area contributed by atoms with E-state index in [2.05, 4.69) is 16.0 Å². The molecule has 0 aliphatic rings. The highest BCUT2D eigenvalue weighted by Crippen LogP contribution is 2.24. The lowest BCUT2D eigenvalue weighted by Crippen LogP contribution is -2.27. The number of nitrogens with one attached hydrogen (secondary N) is 3. The molecule has 1 atom stereocenters. The van der Waals surface area contributed by atoms with Gasteiger partial charge in [0.1, 0.15) is 0 Å². The molecule has 0 aliphatic heterocycles. The van der Waals surface area contributed by atoms with Crippen LogP contribution >= 0.6 is 11.6 Å². The molecule has 1 unspecified atom stereocenters. The minimum atomic E-state index is -0.351. The van der Waals surface area contributed by atoms with Gasteiger partial charge >= 0.3 is 0 Å². The Morgan fingerprint density at radius 3 is 1.96 bits per heavy atom. The van der Waals surface area contributed by atoms with Crippen molar-refractivity contribution in [2.75, 3.05) is 10.6 Å². The van der Waals surface area contributed by atoms with Gasteiger partial charge in [0.05, 0.1) is 6.04 Å². The standard InChI is InChI=1S/C19H20ClN3O3/c1-11(17-6-4-5-7-18(17)20)21-19(26)14-8-15(22-12(2)24)10-16(9-14)23-13(3)25/h4-11H,1-3H3,(H,21,26)(H,22,24)(H,23,25). The predicted octanol–water partition coefficient (Wildman–Crippen LogP) is 3.75. The summed E-state index contributed by atoms with van der Waals surface area (Å²) in [6.07, 6.45) is 0. The topological polar surface area (TPSA) is 87.3 Å². The molecule has 2 rings (SSSR count). The van der Waals surface area contributed by atoms with E-state index in [0.29, 0.717) is 22.0 Å². The van der Waals surface area contributed by atoms with E-state index in [0.717, 1.165) is 5.56 Å². The van der Waals surface area contributed by atoms with Crippen LogP contribution in [-0.4, -0.2) is 17.7 Å². The molecule has 3 amide bonds. The van der Waals surface area contributed by atoms with Crippen molar-refractivity contribution in [3.8, 4) is 0 Å². The Bertz CT molecular complexity index is 817. The molecule has 3 N–H and O–H groups in total. The molecule has 0 bridgehead atoms. The summed E-state index contributed by atoms with van der Waals surface area (Å²) in [5.74, 6) is -0.905. The summed E-state index contributed by atoms with van der Waals surface area (Å²) in [5, 5.41) is 8.66. The van der Waals surface area contributed by atoms with Gasteiger partial charge in [-0.25, -0.2) is 0 Å². The van der Waals surface area contributed by atoms with Gasteiger partial charge in [-0.2, -0.15) is 0 Å². The van der Waals surface area contributed by atoms with Crippen molar-refractivity contribution < 1.29 is 14.4 Å². The maximum atomic E-state index is 12.6.